The summed E-state index contributed by atoms with van der Waals surface area (Å²) in [6.07, 6.45) is 0.916. The highest BCUT2D eigenvalue weighted by Crippen LogP contribution is 2.36. The maximum Gasteiger partial charge on any atom is 0.340 e. The summed E-state index contributed by atoms with van der Waals surface area (Å²) in [6, 6.07) is 19.3. The predicted molar refractivity (Wildman–Crippen MR) is 127 cm³/mol. The lowest BCUT2D eigenvalue weighted by Gasteiger charge is -2.18. The SMILES string of the molecule is CCCCn1c(C(O)c2ccc(-c3ccsc3C#N)cc2)c(C(=O)OC)c2ccccc21. The Hall–Kier alpha value is -3.40. The average molecular weight is 445 g/mol. The van der Waals surface area contributed by atoms with Crippen molar-refractivity contribution in [3.05, 3.63) is 81.7 Å². The number of aliphatic hydroxyl groups excluding tert-OH is 1. The lowest BCUT2D eigenvalue weighted by atomic mass is 9.98. The third kappa shape index (κ3) is 3.81. The van der Waals surface area contributed by atoms with Crippen LogP contribution in [0.25, 0.3) is 22.0 Å². The fourth-order valence-corrected chi connectivity index (χ4v) is 4.81. The number of benzene rings is 2. The van der Waals surface area contributed by atoms with Crippen LogP contribution >= 0.6 is 11.3 Å². The van der Waals surface area contributed by atoms with E-state index in [9.17, 15) is 15.2 Å². The number of esters is 1. The quantitative estimate of drug-likeness (QED) is 0.360. The van der Waals surface area contributed by atoms with Crippen molar-refractivity contribution in [2.24, 2.45) is 0 Å². The molecule has 1 atom stereocenters. The molecule has 0 radical (unpaired) electrons. The summed E-state index contributed by atoms with van der Waals surface area (Å²) < 4.78 is 7.13. The van der Waals surface area contributed by atoms with E-state index >= 15 is 0 Å². The maximum absolute atomic E-state index is 12.8. The molecule has 0 saturated heterocycles. The topological polar surface area (TPSA) is 75.3 Å². The molecule has 0 aliphatic carbocycles. The number of aliphatic hydroxyl groups is 1. The lowest BCUT2D eigenvalue weighted by Crippen LogP contribution is -2.14. The molecule has 0 aliphatic heterocycles. The minimum Gasteiger partial charge on any atom is -0.465 e. The third-order valence-corrected chi connectivity index (χ3v) is 6.52. The Kier molecular flexibility index (Phi) is 6.40. The highest BCUT2D eigenvalue weighted by Gasteiger charge is 2.28. The molecule has 0 amide bonds. The van der Waals surface area contributed by atoms with Crippen molar-refractivity contribution in [2.75, 3.05) is 7.11 Å². The number of rotatable bonds is 7. The van der Waals surface area contributed by atoms with Crippen molar-refractivity contribution in [3.63, 3.8) is 0 Å². The summed E-state index contributed by atoms with van der Waals surface area (Å²) in [5.74, 6) is -0.459. The van der Waals surface area contributed by atoms with E-state index in [0.29, 0.717) is 28.2 Å². The predicted octanol–water partition coefficient (Wildman–Crippen LogP) is 5.91. The largest absolute Gasteiger partial charge is 0.465 e. The van der Waals surface area contributed by atoms with Crippen LogP contribution in [-0.2, 0) is 11.3 Å². The summed E-state index contributed by atoms with van der Waals surface area (Å²) in [5, 5.41) is 23.4. The van der Waals surface area contributed by atoms with Crippen molar-refractivity contribution < 1.29 is 14.6 Å². The molecule has 0 fully saturated rings. The number of unbranched alkanes of at least 4 members (excludes halogenated alkanes) is 1. The summed E-state index contributed by atoms with van der Waals surface area (Å²) >= 11 is 1.41. The molecule has 0 bridgehead atoms. The van der Waals surface area contributed by atoms with E-state index in [-0.39, 0.29) is 0 Å². The molecule has 0 aliphatic rings. The Morgan fingerprint density at radius 3 is 2.62 bits per heavy atom. The maximum atomic E-state index is 12.8. The van der Waals surface area contributed by atoms with Crippen LogP contribution in [0, 0.1) is 11.3 Å². The summed E-state index contributed by atoms with van der Waals surface area (Å²) in [7, 11) is 1.36. The van der Waals surface area contributed by atoms with Gasteiger partial charge < -0.3 is 14.4 Å². The molecule has 2 aromatic heterocycles. The third-order valence-electron chi connectivity index (χ3n) is 5.70. The molecule has 0 saturated carbocycles. The van der Waals surface area contributed by atoms with Gasteiger partial charge in [0.05, 0.1) is 18.4 Å². The van der Waals surface area contributed by atoms with Crippen molar-refractivity contribution in [1.29, 1.82) is 5.26 Å². The molecule has 1 N–H and O–H groups in total. The molecular formula is C26H24N2O3S. The van der Waals surface area contributed by atoms with Crippen LogP contribution in [-0.4, -0.2) is 22.8 Å². The Morgan fingerprint density at radius 2 is 1.94 bits per heavy atom. The molecule has 4 aromatic rings. The fourth-order valence-electron chi connectivity index (χ4n) is 4.11. The zero-order chi connectivity index (χ0) is 22.7. The van der Waals surface area contributed by atoms with Gasteiger partial charge in [0, 0.05) is 23.0 Å². The lowest BCUT2D eigenvalue weighted by molar-refractivity contribution is 0.0596. The molecule has 2 aromatic carbocycles. The van der Waals surface area contributed by atoms with Gasteiger partial charge in [-0.1, -0.05) is 55.8 Å². The minimum atomic E-state index is -1.000. The summed E-state index contributed by atoms with van der Waals surface area (Å²) in [6.45, 7) is 2.81. The van der Waals surface area contributed by atoms with Crippen LogP contribution in [0.1, 0.15) is 52.4 Å². The number of ether oxygens (including phenoxy) is 1. The molecule has 32 heavy (non-hydrogen) atoms. The van der Waals surface area contributed by atoms with E-state index in [1.54, 1.807) is 0 Å². The van der Waals surface area contributed by atoms with Gasteiger partial charge in [-0.3, -0.25) is 0 Å². The standard InChI is InChI=1S/C26H24N2O3S/c1-3-4-14-28-21-8-6-5-7-20(21)23(26(30)31-2)24(28)25(29)18-11-9-17(10-12-18)19-13-15-32-22(19)16-27/h5-13,15,25,29H,3-4,14H2,1-2H3. The first-order chi connectivity index (χ1) is 15.6. The number of para-hydroxylation sites is 1. The number of aromatic nitrogens is 1. The Balaban J connectivity index is 1.83. The molecule has 4 rings (SSSR count). The van der Waals surface area contributed by atoms with Gasteiger partial charge in [0.25, 0.3) is 0 Å². The van der Waals surface area contributed by atoms with Gasteiger partial charge >= 0.3 is 5.97 Å². The zero-order valence-corrected chi connectivity index (χ0v) is 18.9. The highest BCUT2D eigenvalue weighted by atomic mass is 32.1. The van der Waals surface area contributed by atoms with Gasteiger partial charge in [0.15, 0.2) is 0 Å². The van der Waals surface area contributed by atoms with Gasteiger partial charge in [-0.2, -0.15) is 5.26 Å². The van der Waals surface area contributed by atoms with Gasteiger partial charge in [-0.25, -0.2) is 4.79 Å². The Morgan fingerprint density at radius 1 is 1.19 bits per heavy atom. The molecule has 162 valence electrons. The second-order valence-corrected chi connectivity index (χ2v) is 8.49. The van der Waals surface area contributed by atoms with E-state index in [4.69, 9.17) is 4.74 Å². The average Bonchev–Trinajstić information content (AvgIpc) is 3.44. The zero-order valence-electron chi connectivity index (χ0n) is 18.0. The van der Waals surface area contributed by atoms with E-state index in [1.807, 2.05) is 64.5 Å². The van der Waals surface area contributed by atoms with E-state index < -0.39 is 12.1 Å². The van der Waals surface area contributed by atoms with Gasteiger partial charge in [0.1, 0.15) is 17.1 Å². The van der Waals surface area contributed by atoms with Crippen LogP contribution in [0.3, 0.4) is 0 Å². The van der Waals surface area contributed by atoms with Crippen molar-refractivity contribution in [3.8, 4) is 17.2 Å². The van der Waals surface area contributed by atoms with Crippen LogP contribution in [0.2, 0.25) is 0 Å². The molecule has 2 heterocycles. The number of fused-ring (bicyclic) bond motifs is 1. The first-order valence-corrected chi connectivity index (χ1v) is 11.4. The second-order valence-electron chi connectivity index (χ2n) is 7.57. The number of carbonyl (C=O) groups is 1. The minimum absolute atomic E-state index is 0.403. The van der Waals surface area contributed by atoms with Gasteiger partial charge in [-0.05, 0) is 35.1 Å². The van der Waals surface area contributed by atoms with Crippen LogP contribution in [0.5, 0.6) is 0 Å². The Bertz CT molecular complexity index is 1300. The summed E-state index contributed by atoms with van der Waals surface area (Å²) in [5.41, 5.74) is 4.33. The number of aryl methyl sites for hydroxylation is 1. The number of hydrogen-bond acceptors (Lipinski definition) is 5. The monoisotopic (exact) mass is 444 g/mol. The van der Waals surface area contributed by atoms with Crippen molar-refractivity contribution >= 4 is 28.2 Å². The molecule has 5 nitrogen and oxygen atoms in total. The first kappa shape index (κ1) is 21.8. The normalized spacial score (nSPS) is 11.9. The fraction of sp³-hybridized carbons (Fsp3) is 0.231. The smallest absolute Gasteiger partial charge is 0.340 e. The number of carbonyl (C=O) groups excluding carboxylic acids is 1. The Labute approximate surface area is 191 Å². The summed E-state index contributed by atoms with van der Waals surface area (Å²) in [4.78, 5) is 13.4. The molecule has 1 unspecified atom stereocenters. The number of hydrogen-bond donors (Lipinski definition) is 1. The number of methoxy groups -OCH3 is 1. The highest BCUT2D eigenvalue weighted by molar-refractivity contribution is 7.11. The van der Waals surface area contributed by atoms with E-state index in [1.165, 1.54) is 18.4 Å². The number of thiophene rings is 1. The van der Waals surface area contributed by atoms with Crippen molar-refractivity contribution in [1.82, 2.24) is 4.57 Å². The van der Waals surface area contributed by atoms with Gasteiger partial charge in [-0.15, -0.1) is 11.3 Å². The molecule has 6 heteroatoms. The van der Waals surface area contributed by atoms with Crippen LogP contribution < -0.4 is 0 Å². The number of nitrogens with zero attached hydrogens (tertiary/aromatic N) is 2. The van der Waals surface area contributed by atoms with Crippen molar-refractivity contribution in [2.45, 2.75) is 32.4 Å². The second kappa shape index (κ2) is 9.39. The van der Waals surface area contributed by atoms with E-state index in [2.05, 4.69) is 13.0 Å². The number of nitriles is 1. The van der Waals surface area contributed by atoms with Crippen LogP contribution in [0.15, 0.2) is 60.0 Å². The van der Waals surface area contributed by atoms with Gasteiger partial charge in [0.2, 0.25) is 0 Å². The van der Waals surface area contributed by atoms with Crippen LogP contribution in [0.4, 0.5) is 0 Å². The molecule has 0 spiro atoms. The molecular weight excluding hydrogens is 420 g/mol. The van der Waals surface area contributed by atoms with E-state index in [0.717, 1.165) is 34.9 Å². The first-order valence-electron chi connectivity index (χ1n) is 10.6.